The van der Waals surface area contributed by atoms with Crippen molar-refractivity contribution in [1.82, 2.24) is 5.16 Å². The van der Waals surface area contributed by atoms with Crippen LogP contribution in [0.15, 0.2) is 28.8 Å². The Balaban J connectivity index is 1.90. The summed E-state index contributed by atoms with van der Waals surface area (Å²) in [5.74, 6) is -0.259. The predicted molar refractivity (Wildman–Crippen MR) is 65.3 cm³/mol. The monoisotopic (exact) mass is 243 g/mol. The number of aliphatic carboxylic acids is 1. The van der Waals surface area contributed by atoms with E-state index in [1.54, 1.807) is 6.07 Å². The molecule has 18 heavy (non-hydrogen) atoms. The average molecular weight is 243 g/mol. The van der Waals surface area contributed by atoms with E-state index in [-0.39, 0.29) is 6.42 Å². The van der Waals surface area contributed by atoms with Gasteiger partial charge in [0.15, 0.2) is 5.76 Å². The topological polar surface area (TPSA) is 63.3 Å². The fourth-order valence-electron chi connectivity index (χ4n) is 2.41. The molecule has 0 radical (unpaired) electrons. The normalized spacial score (nSPS) is 13.6. The summed E-state index contributed by atoms with van der Waals surface area (Å²) in [5.41, 5.74) is 4.20. The van der Waals surface area contributed by atoms with Gasteiger partial charge in [-0.3, -0.25) is 4.79 Å². The highest BCUT2D eigenvalue weighted by molar-refractivity contribution is 5.70. The van der Waals surface area contributed by atoms with Crippen LogP contribution in [0.5, 0.6) is 0 Å². The first-order valence-electron chi connectivity index (χ1n) is 6.02. The van der Waals surface area contributed by atoms with Crippen molar-refractivity contribution in [2.45, 2.75) is 25.7 Å². The Morgan fingerprint density at radius 3 is 2.94 bits per heavy atom. The van der Waals surface area contributed by atoms with Crippen LogP contribution in [0.25, 0.3) is 11.3 Å². The van der Waals surface area contributed by atoms with E-state index in [0.29, 0.717) is 11.5 Å². The van der Waals surface area contributed by atoms with E-state index in [0.717, 1.165) is 18.4 Å². The molecule has 1 aromatic carbocycles. The molecule has 0 saturated carbocycles. The maximum atomic E-state index is 10.6. The van der Waals surface area contributed by atoms with Crippen molar-refractivity contribution >= 4 is 5.97 Å². The SMILES string of the molecule is O=C(O)Cc1cc(-c2ccc3c(c2)CCC3)on1. The number of carbonyl (C=O) groups is 1. The van der Waals surface area contributed by atoms with Crippen molar-refractivity contribution in [3.05, 3.63) is 41.1 Å². The van der Waals surface area contributed by atoms with Crippen molar-refractivity contribution in [3.8, 4) is 11.3 Å². The number of carboxylic acids is 1. The molecule has 1 aliphatic rings. The Morgan fingerprint density at radius 1 is 1.28 bits per heavy atom. The highest BCUT2D eigenvalue weighted by Gasteiger charge is 2.14. The van der Waals surface area contributed by atoms with Gasteiger partial charge in [0.2, 0.25) is 0 Å². The Hall–Kier alpha value is -2.10. The predicted octanol–water partition coefficient (Wildman–Crippen LogP) is 2.46. The molecule has 4 nitrogen and oxygen atoms in total. The number of benzene rings is 1. The lowest BCUT2D eigenvalue weighted by Crippen LogP contribution is -1.99. The van der Waals surface area contributed by atoms with Gasteiger partial charge in [0.05, 0.1) is 12.1 Å². The van der Waals surface area contributed by atoms with Crippen LogP contribution in [0.1, 0.15) is 23.2 Å². The third-order valence-electron chi connectivity index (χ3n) is 3.27. The summed E-state index contributed by atoms with van der Waals surface area (Å²) in [4.78, 5) is 10.6. The second-order valence-electron chi connectivity index (χ2n) is 4.59. The van der Waals surface area contributed by atoms with E-state index >= 15 is 0 Å². The van der Waals surface area contributed by atoms with E-state index < -0.39 is 5.97 Å². The zero-order valence-corrected chi connectivity index (χ0v) is 9.85. The first-order valence-corrected chi connectivity index (χ1v) is 6.02. The molecule has 1 heterocycles. The number of carboxylic acid groups (broad SMARTS) is 1. The van der Waals surface area contributed by atoms with E-state index in [2.05, 4.69) is 17.3 Å². The van der Waals surface area contributed by atoms with Crippen molar-refractivity contribution in [2.75, 3.05) is 0 Å². The van der Waals surface area contributed by atoms with Gasteiger partial charge in [-0.1, -0.05) is 17.3 Å². The number of nitrogens with zero attached hydrogens (tertiary/aromatic N) is 1. The Kier molecular flexibility index (Phi) is 2.63. The van der Waals surface area contributed by atoms with Crippen LogP contribution in [-0.4, -0.2) is 16.2 Å². The minimum absolute atomic E-state index is 0.103. The summed E-state index contributed by atoms with van der Waals surface area (Å²) in [7, 11) is 0. The molecule has 2 aromatic rings. The van der Waals surface area contributed by atoms with Gasteiger partial charge in [-0.25, -0.2) is 0 Å². The highest BCUT2D eigenvalue weighted by Crippen LogP contribution is 2.28. The summed E-state index contributed by atoms with van der Waals surface area (Å²) in [5, 5.41) is 12.5. The molecule has 0 fully saturated rings. The van der Waals surface area contributed by atoms with Crippen molar-refractivity contribution in [2.24, 2.45) is 0 Å². The standard InChI is InChI=1S/C14H13NO3/c16-14(17)8-12-7-13(18-15-12)11-5-4-9-2-1-3-10(9)6-11/h4-7H,1-3,8H2,(H,16,17). The Morgan fingerprint density at radius 2 is 2.11 bits per heavy atom. The molecule has 0 spiro atoms. The number of aryl methyl sites for hydroxylation is 2. The summed E-state index contributed by atoms with van der Waals surface area (Å²) in [6.45, 7) is 0. The molecule has 0 bridgehead atoms. The summed E-state index contributed by atoms with van der Waals surface area (Å²) < 4.78 is 5.20. The van der Waals surface area contributed by atoms with Crippen LogP contribution in [0.4, 0.5) is 0 Å². The van der Waals surface area contributed by atoms with Gasteiger partial charge in [-0.2, -0.15) is 0 Å². The van der Waals surface area contributed by atoms with Crippen molar-refractivity contribution in [1.29, 1.82) is 0 Å². The Bertz CT molecular complexity index is 601. The van der Waals surface area contributed by atoms with Crippen LogP contribution < -0.4 is 0 Å². The molecular weight excluding hydrogens is 230 g/mol. The number of fused-ring (bicyclic) bond motifs is 1. The van der Waals surface area contributed by atoms with E-state index in [4.69, 9.17) is 9.63 Å². The Labute approximate surface area is 104 Å². The molecule has 1 aromatic heterocycles. The molecule has 1 N–H and O–H groups in total. The van der Waals surface area contributed by atoms with Gasteiger partial charge < -0.3 is 9.63 Å². The third-order valence-corrected chi connectivity index (χ3v) is 3.27. The van der Waals surface area contributed by atoms with Gasteiger partial charge in [0.25, 0.3) is 0 Å². The largest absolute Gasteiger partial charge is 0.481 e. The molecule has 3 rings (SSSR count). The zero-order chi connectivity index (χ0) is 12.5. The fourth-order valence-corrected chi connectivity index (χ4v) is 2.41. The lowest BCUT2D eigenvalue weighted by atomic mass is 10.0. The average Bonchev–Trinajstić information content (AvgIpc) is 2.95. The van der Waals surface area contributed by atoms with Gasteiger partial charge in [-0.05, 0) is 36.5 Å². The van der Waals surface area contributed by atoms with Crippen LogP contribution in [0.2, 0.25) is 0 Å². The summed E-state index contributed by atoms with van der Waals surface area (Å²) >= 11 is 0. The molecule has 4 heteroatoms. The lowest BCUT2D eigenvalue weighted by Gasteiger charge is -2.00. The van der Waals surface area contributed by atoms with Crippen LogP contribution in [-0.2, 0) is 24.1 Å². The number of hydrogen-bond acceptors (Lipinski definition) is 3. The van der Waals surface area contributed by atoms with Crippen LogP contribution >= 0.6 is 0 Å². The molecule has 0 unspecified atom stereocenters. The highest BCUT2D eigenvalue weighted by atomic mass is 16.5. The number of hydrogen-bond donors (Lipinski definition) is 1. The molecule has 0 amide bonds. The minimum Gasteiger partial charge on any atom is -0.481 e. The third kappa shape index (κ3) is 2.01. The summed E-state index contributed by atoms with van der Waals surface area (Å²) in [6, 6.07) is 7.95. The van der Waals surface area contributed by atoms with Gasteiger partial charge in [0.1, 0.15) is 0 Å². The van der Waals surface area contributed by atoms with Crippen molar-refractivity contribution in [3.63, 3.8) is 0 Å². The lowest BCUT2D eigenvalue weighted by molar-refractivity contribution is -0.136. The maximum absolute atomic E-state index is 10.6. The van der Waals surface area contributed by atoms with Gasteiger partial charge in [-0.15, -0.1) is 0 Å². The molecule has 1 aliphatic carbocycles. The molecule has 0 atom stereocenters. The molecular formula is C14H13NO3. The second-order valence-corrected chi connectivity index (χ2v) is 4.59. The molecule has 92 valence electrons. The van der Waals surface area contributed by atoms with Crippen LogP contribution in [0, 0.1) is 0 Å². The van der Waals surface area contributed by atoms with E-state index in [1.807, 2.05) is 6.07 Å². The first-order chi connectivity index (χ1) is 8.72. The maximum Gasteiger partial charge on any atom is 0.309 e. The van der Waals surface area contributed by atoms with Crippen molar-refractivity contribution < 1.29 is 14.4 Å². The fraction of sp³-hybridized carbons (Fsp3) is 0.286. The van der Waals surface area contributed by atoms with Gasteiger partial charge in [0, 0.05) is 11.6 Å². The number of rotatable bonds is 3. The molecule has 0 aliphatic heterocycles. The minimum atomic E-state index is -0.899. The summed E-state index contributed by atoms with van der Waals surface area (Å²) in [6.07, 6.45) is 3.36. The van der Waals surface area contributed by atoms with E-state index in [9.17, 15) is 4.79 Å². The molecule has 0 saturated heterocycles. The van der Waals surface area contributed by atoms with Crippen LogP contribution in [0.3, 0.4) is 0 Å². The number of aromatic nitrogens is 1. The quantitative estimate of drug-likeness (QED) is 0.899. The zero-order valence-electron chi connectivity index (χ0n) is 9.85. The van der Waals surface area contributed by atoms with Gasteiger partial charge >= 0.3 is 5.97 Å². The second kappa shape index (κ2) is 4.29. The van der Waals surface area contributed by atoms with E-state index in [1.165, 1.54) is 17.5 Å². The first kappa shape index (κ1) is 11.0. The smallest absolute Gasteiger partial charge is 0.309 e.